The fourth-order valence-electron chi connectivity index (χ4n) is 4.59. The van der Waals surface area contributed by atoms with Crippen LogP contribution < -0.4 is 5.32 Å². The van der Waals surface area contributed by atoms with Crippen LogP contribution in [-0.2, 0) is 6.54 Å². The highest BCUT2D eigenvalue weighted by Gasteiger charge is 2.48. The maximum Gasteiger partial charge on any atom is 0.127 e. The Morgan fingerprint density at radius 3 is 2.57 bits per heavy atom. The Labute approximate surface area is 128 Å². The molecule has 0 aromatic carbocycles. The predicted molar refractivity (Wildman–Crippen MR) is 86.3 cm³/mol. The third kappa shape index (κ3) is 2.64. The molecule has 1 aromatic rings. The van der Waals surface area contributed by atoms with Gasteiger partial charge >= 0.3 is 0 Å². The molecule has 1 aromatic heterocycles. The molecule has 2 heterocycles. The Morgan fingerprint density at radius 2 is 1.95 bits per heavy atom. The number of nitrogens with one attached hydrogen (secondary N) is 1. The first kappa shape index (κ1) is 15.0. The summed E-state index contributed by atoms with van der Waals surface area (Å²) in [6.07, 6.45) is 13.4. The number of rotatable bonds is 6. The van der Waals surface area contributed by atoms with Crippen molar-refractivity contribution in [2.75, 3.05) is 20.1 Å². The van der Waals surface area contributed by atoms with Gasteiger partial charge in [-0.2, -0.15) is 0 Å². The Hall–Kier alpha value is -0.870. The molecule has 21 heavy (non-hydrogen) atoms. The zero-order valence-electron chi connectivity index (χ0n) is 13.6. The summed E-state index contributed by atoms with van der Waals surface area (Å²) in [4.78, 5) is 7.51. The molecule has 1 aliphatic heterocycles. The van der Waals surface area contributed by atoms with E-state index in [1.54, 1.807) is 0 Å². The zero-order valence-corrected chi connectivity index (χ0v) is 13.6. The van der Waals surface area contributed by atoms with E-state index >= 15 is 0 Å². The normalized spacial score (nSPS) is 23.7. The molecule has 1 unspecified atom stereocenters. The third-order valence-electron chi connectivity index (χ3n) is 5.50. The van der Waals surface area contributed by atoms with Crippen molar-refractivity contribution in [3.05, 3.63) is 18.2 Å². The van der Waals surface area contributed by atoms with Crippen LogP contribution in [0.25, 0.3) is 0 Å². The molecule has 2 fully saturated rings. The second-order valence-corrected chi connectivity index (χ2v) is 6.71. The number of likely N-dealkylation sites (tertiary alicyclic amines) is 1. The SMILES string of the molecule is CCCn1ccnc1C(NC)C1(N2CCCC2)CCCC1. The fourth-order valence-corrected chi connectivity index (χ4v) is 4.59. The van der Waals surface area contributed by atoms with Crippen LogP contribution in [0.4, 0.5) is 0 Å². The van der Waals surface area contributed by atoms with Crippen molar-refractivity contribution >= 4 is 0 Å². The van der Waals surface area contributed by atoms with Gasteiger partial charge in [-0.3, -0.25) is 4.90 Å². The van der Waals surface area contributed by atoms with Gasteiger partial charge in [-0.25, -0.2) is 4.98 Å². The number of aryl methyl sites for hydroxylation is 1. The number of likely N-dealkylation sites (N-methyl/N-ethyl adjacent to an activating group) is 1. The quantitative estimate of drug-likeness (QED) is 0.874. The van der Waals surface area contributed by atoms with E-state index in [2.05, 4.69) is 35.0 Å². The van der Waals surface area contributed by atoms with Crippen LogP contribution in [0.5, 0.6) is 0 Å². The first-order valence-electron chi connectivity index (χ1n) is 8.75. The number of nitrogens with zero attached hydrogens (tertiary/aromatic N) is 3. The van der Waals surface area contributed by atoms with Crippen molar-refractivity contribution in [3.63, 3.8) is 0 Å². The van der Waals surface area contributed by atoms with Gasteiger partial charge in [-0.05, 0) is 52.2 Å². The van der Waals surface area contributed by atoms with Gasteiger partial charge in [0.15, 0.2) is 0 Å². The number of hydrogen-bond acceptors (Lipinski definition) is 3. The summed E-state index contributed by atoms with van der Waals surface area (Å²) in [6, 6.07) is 0.361. The minimum Gasteiger partial charge on any atom is -0.334 e. The highest BCUT2D eigenvalue weighted by molar-refractivity contribution is 5.13. The van der Waals surface area contributed by atoms with E-state index in [-0.39, 0.29) is 0 Å². The van der Waals surface area contributed by atoms with E-state index in [4.69, 9.17) is 4.98 Å². The Kier molecular flexibility index (Phi) is 4.65. The van der Waals surface area contributed by atoms with Crippen LogP contribution in [0, 0.1) is 0 Å². The van der Waals surface area contributed by atoms with Gasteiger partial charge in [0.05, 0.1) is 6.04 Å². The van der Waals surface area contributed by atoms with Crippen molar-refractivity contribution < 1.29 is 0 Å². The minimum absolute atomic E-state index is 0.294. The topological polar surface area (TPSA) is 33.1 Å². The summed E-state index contributed by atoms with van der Waals surface area (Å²) < 4.78 is 2.36. The maximum absolute atomic E-state index is 4.74. The molecular formula is C17H30N4. The summed E-state index contributed by atoms with van der Waals surface area (Å²) in [5, 5.41) is 3.64. The van der Waals surface area contributed by atoms with E-state index < -0.39 is 0 Å². The van der Waals surface area contributed by atoms with Crippen LogP contribution in [0.1, 0.15) is 63.7 Å². The molecular weight excluding hydrogens is 260 g/mol. The van der Waals surface area contributed by atoms with Gasteiger partial charge in [0, 0.05) is 24.5 Å². The molecule has 1 atom stereocenters. The number of aromatic nitrogens is 2. The lowest BCUT2D eigenvalue weighted by molar-refractivity contribution is 0.0746. The van der Waals surface area contributed by atoms with Crippen molar-refractivity contribution in [1.29, 1.82) is 0 Å². The molecule has 0 radical (unpaired) electrons. The van der Waals surface area contributed by atoms with E-state index in [1.807, 2.05) is 6.20 Å². The number of imidazole rings is 1. The van der Waals surface area contributed by atoms with Crippen LogP contribution in [0.2, 0.25) is 0 Å². The summed E-state index contributed by atoms with van der Waals surface area (Å²) in [5.41, 5.74) is 0.294. The molecule has 0 amide bonds. The summed E-state index contributed by atoms with van der Waals surface area (Å²) >= 11 is 0. The molecule has 4 nitrogen and oxygen atoms in total. The first-order valence-corrected chi connectivity index (χ1v) is 8.75. The Bertz CT molecular complexity index is 441. The molecule has 1 N–H and O–H groups in total. The van der Waals surface area contributed by atoms with Crippen molar-refractivity contribution in [2.45, 2.75) is 70.0 Å². The van der Waals surface area contributed by atoms with Gasteiger partial charge < -0.3 is 9.88 Å². The van der Waals surface area contributed by atoms with Crippen molar-refractivity contribution in [3.8, 4) is 0 Å². The smallest absolute Gasteiger partial charge is 0.127 e. The summed E-state index contributed by atoms with van der Waals surface area (Å²) in [5.74, 6) is 1.24. The molecule has 1 aliphatic carbocycles. The second-order valence-electron chi connectivity index (χ2n) is 6.71. The summed E-state index contributed by atoms with van der Waals surface area (Å²) in [6.45, 7) is 5.85. The monoisotopic (exact) mass is 290 g/mol. The fraction of sp³-hybridized carbons (Fsp3) is 0.824. The van der Waals surface area contributed by atoms with Gasteiger partial charge in [-0.15, -0.1) is 0 Å². The third-order valence-corrected chi connectivity index (χ3v) is 5.50. The van der Waals surface area contributed by atoms with Crippen LogP contribution in [-0.4, -0.2) is 40.1 Å². The molecule has 118 valence electrons. The van der Waals surface area contributed by atoms with Crippen LogP contribution >= 0.6 is 0 Å². The van der Waals surface area contributed by atoms with Gasteiger partial charge in [0.2, 0.25) is 0 Å². The average molecular weight is 290 g/mol. The lowest BCUT2D eigenvalue weighted by Gasteiger charge is -2.44. The van der Waals surface area contributed by atoms with E-state index in [9.17, 15) is 0 Å². The number of hydrogen-bond donors (Lipinski definition) is 1. The van der Waals surface area contributed by atoms with Crippen molar-refractivity contribution in [2.24, 2.45) is 0 Å². The molecule has 0 bridgehead atoms. The van der Waals surface area contributed by atoms with Crippen molar-refractivity contribution in [1.82, 2.24) is 19.8 Å². The van der Waals surface area contributed by atoms with Crippen LogP contribution in [0.3, 0.4) is 0 Å². The Morgan fingerprint density at radius 1 is 1.24 bits per heavy atom. The minimum atomic E-state index is 0.294. The average Bonchev–Trinajstić information content (AvgIpc) is 3.21. The highest BCUT2D eigenvalue weighted by Crippen LogP contribution is 2.45. The van der Waals surface area contributed by atoms with E-state index in [1.165, 1.54) is 57.4 Å². The van der Waals surface area contributed by atoms with Crippen LogP contribution in [0.15, 0.2) is 12.4 Å². The van der Waals surface area contributed by atoms with Gasteiger partial charge in [0.25, 0.3) is 0 Å². The van der Waals surface area contributed by atoms with E-state index in [0.29, 0.717) is 11.6 Å². The zero-order chi connectivity index (χ0) is 14.7. The standard InChI is InChI=1S/C17H30N4/c1-3-11-20-14-10-19-16(20)15(18-2)17(8-4-5-9-17)21-12-6-7-13-21/h10,14-15,18H,3-9,11-13H2,1-2H3. The predicted octanol–water partition coefficient (Wildman–Crippen LogP) is 2.96. The first-order chi connectivity index (χ1) is 10.3. The van der Waals surface area contributed by atoms with Gasteiger partial charge in [0.1, 0.15) is 5.82 Å². The Balaban J connectivity index is 1.93. The molecule has 0 spiro atoms. The molecule has 3 rings (SSSR count). The second kappa shape index (κ2) is 6.49. The lowest BCUT2D eigenvalue weighted by atomic mass is 9.85. The summed E-state index contributed by atoms with van der Waals surface area (Å²) in [7, 11) is 2.12. The van der Waals surface area contributed by atoms with Gasteiger partial charge in [-0.1, -0.05) is 19.8 Å². The molecule has 1 saturated heterocycles. The molecule has 2 aliphatic rings. The largest absolute Gasteiger partial charge is 0.334 e. The lowest BCUT2D eigenvalue weighted by Crippen LogP contribution is -2.54. The maximum atomic E-state index is 4.74. The molecule has 1 saturated carbocycles. The van der Waals surface area contributed by atoms with E-state index in [0.717, 1.165) is 13.0 Å². The molecule has 4 heteroatoms. The highest BCUT2D eigenvalue weighted by atomic mass is 15.3.